The number of allylic oxidation sites excluding steroid dienone is 4. The molecule has 24 heavy (non-hydrogen) atoms. The van der Waals surface area contributed by atoms with Gasteiger partial charge in [-0.2, -0.15) is 0 Å². The lowest BCUT2D eigenvalue weighted by Gasteiger charge is -2.17. The molecule has 3 rings (SSSR count). The number of benzene rings is 1. The van der Waals surface area contributed by atoms with Crippen LogP contribution in [-0.2, 0) is 9.84 Å². The first-order chi connectivity index (χ1) is 11.6. The molecule has 0 fully saturated rings. The molecule has 0 N–H and O–H groups in total. The zero-order valence-corrected chi connectivity index (χ0v) is 13.1. The van der Waals surface area contributed by atoms with E-state index in [1.807, 2.05) is 0 Å². The summed E-state index contributed by atoms with van der Waals surface area (Å²) in [5, 5.41) is 9.13. The number of rotatable bonds is 2. The molecule has 0 bridgehead atoms. The van der Waals surface area contributed by atoms with Gasteiger partial charge in [0.2, 0.25) is 9.84 Å². The smallest absolute Gasteiger partial charge is 0.269 e. The van der Waals surface area contributed by atoms with Crippen molar-refractivity contribution in [3.8, 4) is 6.07 Å². The average molecular weight is 334 g/mol. The first-order valence-electron chi connectivity index (χ1n) is 6.87. The Labute approximate surface area is 139 Å². The molecule has 0 aliphatic carbocycles. The second-order valence-corrected chi connectivity index (χ2v) is 6.78. The Balaban J connectivity index is 2.33. The molecule has 1 aliphatic rings. The molecule has 0 spiro atoms. The van der Waals surface area contributed by atoms with Crippen LogP contribution in [0.25, 0.3) is 14.7 Å². The number of nitriles is 1. The Morgan fingerprint density at radius 1 is 1.08 bits per heavy atom. The summed E-state index contributed by atoms with van der Waals surface area (Å²) in [5.74, 6) is 0.163. The summed E-state index contributed by atoms with van der Waals surface area (Å²) in [6.07, 6.45) is 4.03. The summed E-state index contributed by atoms with van der Waals surface area (Å²) in [7, 11) is -3.84. The molecule has 0 saturated heterocycles. The lowest BCUT2D eigenvalue weighted by Crippen LogP contribution is -2.10. The highest BCUT2D eigenvalue weighted by atomic mass is 32.2. The lowest BCUT2D eigenvalue weighted by atomic mass is 10.1. The standard InChI is InChI=1S/C18H10N2O3S/c1-20-15(12-19)14-10-17(13-6-3-2-4-7-13)24(21,22)18(11-14)16-8-5-9-23-16/h2-11H. The molecule has 0 radical (unpaired) electrons. The Morgan fingerprint density at radius 3 is 2.38 bits per heavy atom. The van der Waals surface area contributed by atoms with Crippen LogP contribution in [-0.4, -0.2) is 8.42 Å². The summed E-state index contributed by atoms with van der Waals surface area (Å²) in [6.45, 7) is 7.12. The van der Waals surface area contributed by atoms with E-state index in [0.29, 0.717) is 5.56 Å². The fourth-order valence-corrected chi connectivity index (χ4v) is 3.98. The number of hydrogen-bond donors (Lipinski definition) is 0. The van der Waals surface area contributed by atoms with Crippen molar-refractivity contribution in [1.29, 1.82) is 5.26 Å². The van der Waals surface area contributed by atoms with Crippen molar-refractivity contribution < 1.29 is 12.8 Å². The third-order valence-electron chi connectivity index (χ3n) is 3.47. The van der Waals surface area contributed by atoms with Gasteiger partial charge in [-0.3, -0.25) is 0 Å². The number of nitrogens with zero attached hydrogens (tertiary/aromatic N) is 2. The zero-order chi connectivity index (χ0) is 17.2. The first-order valence-corrected chi connectivity index (χ1v) is 8.36. The minimum absolute atomic E-state index is 0.0309. The largest absolute Gasteiger partial charge is 0.464 e. The molecule has 0 saturated carbocycles. The van der Waals surface area contributed by atoms with E-state index in [9.17, 15) is 8.42 Å². The Bertz CT molecular complexity index is 1040. The van der Waals surface area contributed by atoms with Gasteiger partial charge in [-0.15, -0.1) is 0 Å². The van der Waals surface area contributed by atoms with Crippen LogP contribution < -0.4 is 0 Å². The molecule has 1 aliphatic heterocycles. The van der Waals surface area contributed by atoms with Crippen LogP contribution in [0.3, 0.4) is 0 Å². The zero-order valence-electron chi connectivity index (χ0n) is 12.3. The van der Waals surface area contributed by atoms with Crippen molar-refractivity contribution in [2.75, 3.05) is 0 Å². The van der Waals surface area contributed by atoms with Crippen molar-refractivity contribution >= 4 is 19.6 Å². The van der Waals surface area contributed by atoms with Crippen LogP contribution in [0, 0.1) is 17.9 Å². The molecule has 5 nitrogen and oxygen atoms in total. The monoisotopic (exact) mass is 334 g/mol. The number of hydrogen-bond acceptors (Lipinski definition) is 4. The van der Waals surface area contributed by atoms with Gasteiger partial charge in [0.25, 0.3) is 5.70 Å². The van der Waals surface area contributed by atoms with E-state index >= 15 is 0 Å². The van der Waals surface area contributed by atoms with Gasteiger partial charge in [0.15, 0.2) is 0 Å². The molecular formula is C18H10N2O3S. The Hall–Kier alpha value is -3.35. The number of furan rings is 1. The fraction of sp³-hybridized carbons (Fsp3) is 0. The average Bonchev–Trinajstić information content (AvgIpc) is 3.11. The van der Waals surface area contributed by atoms with Crippen molar-refractivity contribution in [1.82, 2.24) is 0 Å². The van der Waals surface area contributed by atoms with E-state index in [-0.39, 0.29) is 26.8 Å². The van der Waals surface area contributed by atoms with Crippen LogP contribution in [0.15, 0.2) is 76.6 Å². The summed E-state index contributed by atoms with van der Waals surface area (Å²) in [4.78, 5) is 3.14. The third kappa shape index (κ3) is 2.56. The molecule has 0 amide bonds. The third-order valence-corrected chi connectivity index (χ3v) is 5.30. The normalized spacial score (nSPS) is 17.9. The van der Waals surface area contributed by atoms with Crippen LogP contribution in [0.4, 0.5) is 0 Å². The molecule has 0 atom stereocenters. The highest BCUT2D eigenvalue weighted by Gasteiger charge is 2.31. The van der Waals surface area contributed by atoms with E-state index in [0.717, 1.165) is 0 Å². The van der Waals surface area contributed by atoms with Crippen molar-refractivity contribution in [3.63, 3.8) is 0 Å². The Morgan fingerprint density at radius 2 is 1.79 bits per heavy atom. The SMILES string of the molecule is [C-]#[N+]C(C#N)=C1C=C(c2ccccc2)S(=O)(=O)C(c2ccco2)=C1. The molecule has 2 aromatic rings. The van der Waals surface area contributed by atoms with E-state index < -0.39 is 9.84 Å². The van der Waals surface area contributed by atoms with Gasteiger partial charge in [0.05, 0.1) is 23.8 Å². The molecule has 1 aromatic carbocycles. The maximum Gasteiger partial charge on any atom is 0.269 e. The van der Waals surface area contributed by atoms with Crippen LogP contribution in [0.2, 0.25) is 0 Å². The second-order valence-electron chi connectivity index (χ2n) is 4.89. The summed E-state index contributed by atoms with van der Waals surface area (Å²) >= 11 is 0. The Kier molecular flexibility index (Phi) is 3.91. The van der Waals surface area contributed by atoms with Gasteiger partial charge >= 0.3 is 0 Å². The van der Waals surface area contributed by atoms with Gasteiger partial charge in [-0.25, -0.2) is 18.5 Å². The van der Waals surface area contributed by atoms with Crippen molar-refractivity contribution in [3.05, 3.63) is 94.9 Å². The predicted molar refractivity (Wildman–Crippen MR) is 89.3 cm³/mol. The maximum absolute atomic E-state index is 13.0. The number of sulfone groups is 1. The van der Waals surface area contributed by atoms with Gasteiger partial charge in [0.1, 0.15) is 10.7 Å². The van der Waals surface area contributed by atoms with Crippen LogP contribution >= 0.6 is 0 Å². The molecule has 6 heteroatoms. The fourth-order valence-electron chi connectivity index (χ4n) is 2.35. The summed E-state index contributed by atoms with van der Waals surface area (Å²) in [6, 6.07) is 13.5. The van der Waals surface area contributed by atoms with E-state index in [4.69, 9.17) is 16.3 Å². The van der Waals surface area contributed by atoms with Gasteiger partial charge < -0.3 is 4.42 Å². The molecule has 0 unspecified atom stereocenters. The van der Waals surface area contributed by atoms with Gasteiger partial charge in [-0.1, -0.05) is 30.3 Å². The van der Waals surface area contributed by atoms with Crippen LogP contribution in [0.5, 0.6) is 0 Å². The molecule has 1 aromatic heterocycles. The van der Waals surface area contributed by atoms with E-state index in [2.05, 4.69) is 4.85 Å². The highest BCUT2D eigenvalue weighted by molar-refractivity contribution is 8.09. The molecule has 116 valence electrons. The van der Waals surface area contributed by atoms with E-state index in [1.165, 1.54) is 24.5 Å². The van der Waals surface area contributed by atoms with Crippen molar-refractivity contribution in [2.24, 2.45) is 0 Å². The van der Waals surface area contributed by atoms with Gasteiger partial charge in [-0.05, 0) is 35.4 Å². The summed E-state index contributed by atoms with van der Waals surface area (Å²) in [5.41, 5.74) is 0.546. The minimum Gasteiger partial charge on any atom is -0.464 e. The van der Waals surface area contributed by atoms with Gasteiger partial charge in [0, 0.05) is 0 Å². The predicted octanol–water partition coefficient (Wildman–Crippen LogP) is 3.79. The quantitative estimate of drug-likeness (QED) is 0.618. The second kappa shape index (κ2) is 6.04. The molecule has 2 heterocycles. The highest BCUT2D eigenvalue weighted by Crippen LogP contribution is 2.39. The van der Waals surface area contributed by atoms with E-state index in [1.54, 1.807) is 42.5 Å². The molecular weight excluding hydrogens is 324 g/mol. The maximum atomic E-state index is 13.0. The lowest BCUT2D eigenvalue weighted by molar-refractivity contribution is 0.553. The van der Waals surface area contributed by atoms with Crippen LogP contribution in [0.1, 0.15) is 11.3 Å². The minimum atomic E-state index is -3.84. The van der Waals surface area contributed by atoms with Crippen molar-refractivity contribution in [2.45, 2.75) is 0 Å². The topological polar surface area (TPSA) is 75.4 Å². The summed E-state index contributed by atoms with van der Waals surface area (Å²) < 4.78 is 31.2. The first kappa shape index (κ1) is 15.5.